The van der Waals surface area contributed by atoms with Gasteiger partial charge in [0.1, 0.15) is 13.1 Å². The first-order valence-corrected chi connectivity index (χ1v) is 8.51. The lowest BCUT2D eigenvalue weighted by atomic mass is 10.2. The molecule has 0 saturated heterocycles. The lowest BCUT2D eigenvalue weighted by molar-refractivity contribution is -0.903. The molecule has 0 aromatic heterocycles. The van der Waals surface area contributed by atoms with Crippen LogP contribution in [0.2, 0.25) is 0 Å². The first kappa shape index (κ1) is 18.8. The van der Waals surface area contributed by atoms with Crippen LogP contribution in [-0.4, -0.2) is 56.1 Å². The summed E-state index contributed by atoms with van der Waals surface area (Å²) in [5, 5.41) is 8.92. The number of quaternary nitrogens is 1. The smallest absolute Gasteiger partial charge is 0.104 e. The van der Waals surface area contributed by atoms with Crippen LogP contribution in [0.25, 0.3) is 0 Å². The maximum absolute atomic E-state index is 9.08. The second-order valence-corrected chi connectivity index (χ2v) is 7.53. The summed E-state index contributed by atoms with van der Waals surface area (Å²) in [6.45, 7) is 2.01. The summed E-state index contributed by atoms with van der Waals surface area (Å²) >= 11 is 2.32. The van der Waals surface area contributed by atoms with Gasteiger partial charge in [-0.3, -0.25) is 0 Å². The molecular weight excluding hydrogens is 381 g/mol. The zero-order valence-corrected chi connectivity index (χ0v) is 14.3. The van der Waals surface area contributed by atoms with E-state index in [4.69, 9.17) is 18.1 Å². The van der Waals surface area contributed by atoms with Gasteiger partial charge >= 0.3 is 0 Å². The molecule has 0 aliphatic heterocycles. The first-order chi connectivity index (χ1) is 8.53. The minimum absolute atomic E-state index is 0.247. The van der Waals surface area contributed by atoms with Crippen molar-refractivity contribution in [2.45, 2.75) is 6.54 Å². The Hall–Kier alpha value is -0.220. The molecule has 1 N–H and O–H groups in total. The van der Waals surface area contributed by atoms with Crippen LogP contribution in [0.1, 0.15) is 5.56 Å². The molecule has 0 aliphatic rings. The fourth-order valence-corrected chi connectivity index (χ4v) is 2.09. The van der Waals surface area contributed by atoms with Crippen LogP contribution in [0.3, 0.4) is 0 Å². The zero-order chi connectivity index (χ0) is 15.1. The third-order valence-corrected chi connectivity index (χ3v) is 2.88. The molecule has 0 spiro atoms. The van der Waals surface area contributed by atoms with E-state index in [9.17, 15) is 0 Å². The van der Waals surface area contributed by atoms with Crippen LogP contribution in [0.5, 0.6) is 0 Å². The van der Waals surface area contributed by atoms with E-state index in [2.05, 4.69) is 61.0 Å². The third kappa shape index (κ3) is 12.6. The number of rotatable bonds is 4. The largest absolute Gasteiger partial charge is 0.748 e. The number of aliphatic hydroxyl groups excluding tert-OH is 1. The second kappa shape index (κ2) is 8.15. The van der Waals surface area contributed by atoms with E-state index < -0.39 is 10.1 Å². The fourth-order valence-electron chi connectivity index (χ4n) is 1.48. The molecule has 0 heterocycles. The number of halogens is 1. The van der Waals surface area contributed by atoms with Gasteiger partial charge in [0, 0.05) is 15.4 Å². The van der Waals surface area contributed by atoms with Crippen LogP contribution < -0.4 is 0 Å². The number of benzene rings is 1. The highest BCUT2D eigenvalue weighted by Crippen LogP contribution is 2.12. The summed E-state index contributed by atoms with van der Waals surface area (Å²) in [5.41, 5.74) is 1.33. The Balaban J connectivity index is 0.000000555. The Labute approximate surface area is 128 Å². The van der Waals surface area contributed by atoms with Crippen molar-refractivity contribution < 1.29 is 22.6 Å². The standard InChI is InChI=1S/C11H17INO.CH4O3S/c1-13(2,6-7-14)9-10-4-3-5-11(12)8-10;1-5(2,3)4/h3-5,8,14H,6-7,9H2,1-2H3;1H3,(H,2,3,4)/q+1;/p-1. The van der Waals surface area contributed by atoms with Crippen molar-refractivity contribution in [1.82, 2.24) is 0 Å². The fraction of sp³-hybridized carbons (Fsp3) is 0.500. The molecular formula is C12H20INO4S. The molecule has 0 atom stereocenters. The Morgan fingerprint density at radius 2 is 1.89 bits per heavy atom. The van der Waals surface area contributed by atoms with Crippen molar-refractivity contribution in [3.63, 3.8) is 0 Å². The highest BCUT2D eigenvalue weighted by Gasteiger charge is 2.14. The van der Waals surface area contributed by atoms with Crippen molar-refractivity contribution in [2.24, 2.45) is 0 Å². The predicted octanol–water partition coefficient (Wildman–Crippen LogP) is 1.02. The molecule has 1 aromatic carbocycles. The molecule has 0 radical (unpaired) electrons. The lowest BCUT2D eigenvalue weighted by Gasteiger charge is -2.29. The number of likely N-dealkylation sites (N-methyl/N-ethyl adjacent to an activating group) is 1. The number of hydrogen-bond donors (Lipinski definition) is 1. The molecule has 0 fully saturated rings. The normalized spacial score (nSPS) is 11.7. The van der Waals surface area contributed by atoms with Gasteiger partial charge in [0.2, 0.25) is 0 Å². The second-order valence-electron chi connectivity index (χ2n) is 4.88. The van der Waals surface area contributed by atoms with E-state index in [1.165, 1.54) is 9.13 Å². The third-order valence-electron chi connectivity index (χ3n) is 2.20. The molecule has 0 aliphatic carbocycles. The van der Waals surface area contributed by atoms with E-state index in [0.717, 1.165) is 17.6 Å². The Kier molecular flexibility index (Phi) is 8.06. The molecule has 1 aromatic rings. The molecule has 0 bridgehead atoms. The highest BCUT2D eigenvalue weighted by atomic mass is 127. The molecule has 0 saturated carbocycles. The van der Waals surface area contributed by atoms with E-state index in [1.807, 2.05) is 0 Å². The topological polar surface area (TPSA) is 77.4 Å². The van der Waals surface area contributed by atoms with E-state index in [-0.39, 0.29) is 6.61 Å². The molecule has 0 unspecified atom stereocenters. The van der Waals surface area contributed by atoms with Crippen molar-refractivity contribution >= 4 is 32.7 Å². The minimum atomic E-state index is -3.92. The Morgan fingerprint density at radius 3 is 2.32 bits per heavy atom. The van der Waals surface area contributed by atoms with Gasteiger partial charge in [0.05, 0.1) is 30.8 Å². The van der Waals surface area contributed by atoms with E-state index in [0.29, 0.717) is 6.26 Å². The summed E-state index contributed by atoms with van der Waals surface area (Å²) in [5.74, 6) is 0. The van der Waals surface area contributed by atoms with Crippen LogP contribution in [0, 0.1) is 3.57 Å². The number of aliphatic hydroxyl groups is 1. The maximum atomic E-state index is 9.08. The minimum Gasteiger partial charge on any atom is -0.748 e. The van der Waals surface area contributed by atoms with Gasteiger partial charge in [0.25, 0.3) is 0 Å². The summed E-state index contributed by atoms with van der Waals surface area (Å²) in [6, 6.07) is 8.50. The summed E-state index contributed by atoms with van der Waals surface area (Å²) in [7, 11) is 0.353. The zero-order valence-electron chi connectivity index (χ0n) is 11.3. The van der Waals surface area contributed by atoms with Crippen LogP contribution in [-0.2, 0) is 16.7 Å². The molecule has 7 heteroatoms. The van der Waals surface area contributed by atoms with E-state index >= 15 is 0 Å². The van der Waals surface area contributed by atoms with Crippen LogP contribution >= 0.6 is 22.6 Å². The predicted molar refractivity (Wildman–Crippen MR) is 82.5 cm³/mol. The van der Waals surface area contributed by atoms with Crippen LogP contribution in [0.15, 0.2) is 24.3 Å². The van der Waals surface area contributed by atoms with Crippen molar-refractivity contribution in [1.29, 1.82) is 0 Å². The van der Waals surface area contributed by atoms with Crippen LogP contribution in [0.4, 0.5) is 0 Å². The molecule has 0 amide bonds. The molecule has 19 heavy (non-hydrogen) atoms. The first-order valence-electron chi connectivity index (χ1n) is 5.62. The van der Waals surface area contributed by atoms with E-state index in [1.54, 1.807) is 0 Å². The van der Waals surface area contributed by atoms with Gasteiger partial charge in [-0.15, -0.1) is 0 Å². The lowest BCUT2D eigenvalue weighted by Crippen LogP contribution is -2.41. The average Bonchev–Trinajstić information content (AvgIpc) is 2.13. The maximum Gasteiger partial charge on any atom is 0.104 e. The number of hydrogen-bond acceptors (Lipinski definition) is 4. The van der Waals surface area contributed by atoms with Gasteiger partial charge in [-0.05, 0) is 34.7 Å². The monoisotopic (exact) mass is 401 g/mol. The Bertz CT molecular complexity index is 480. The average molecular weight is 401 g/mol. The van der Waals surface area contributed by atoms with Gasteiger partial charge in [-0.25, -0.2) is 8.42 Å². The van der Waals surface area contributed by atoms with Crippen molar-refractivity contribution in [3.8, 4) is 0 Å². The quantitative estimate of drug-likeness (QED) is 0.465. The summed E-state index contributed by atoms with van der Waals surface area (Å²) < 4.78 is 29.3. The summed E-state index contributed by atoms with van der Waals surface area (Å²) in [6.07, 6.45) is 0.604. The van der Waals surface area contributed by atoms with Gasteiger partial charge in [-0.2, -0.15) is 0 Å². The van der Waals surface area contributed by atoms with Crippen molar-refractivity contribution in [3.05, 3.63) is 33.4 Å². The molecule has 5 nitrogen and oxygen atoms in total. The molecule has 1 rings (SSSR count). The van der Waals surface area contributed by atoms with Gasteiger partial charge in [-0.1, -0.05) is 12.1 Å². The number of nitrogens with zero attached hydrogens (tertiary/aromatic N) is 1. The SMILES string of the molecule is CS(=O)(=O)[O-].C[N+](C)(CCO)Cc1cccc(I)c1. The van der Waals surface area contributed by atoms with Crippen molar-refractivity contribution in [2.75, 3.05) is 33.5 Å². The van der Waals surface area contributed by atoms with Gasteiger partial charge in [0.15, 0.2) is 0 Å². The highest BCUT2D eigenvalue weighted by molar-refractivity contribution is 14.1. The Morgan fingerprint density at radius 1 is 1.37 bits per heavy atom. The summed E-state index contributed by atoms with van der Waals surface area (Å²) in [4.78, 5) is 0. The van der Waals surface area contributed by atoms with Gasteiger partial charge < -0.3 is 14.1 Å². The molecule has 110 valence electrons.